The molecule has 106 valence electrons. The summed E-state index contributed by atoms with van der Waals surface area (Å²) in [4.78, 5) is 11.9. The van der Waals surface area contributed by atoms with Crippen LogP contribution in [0.4, 0.5) is 5.69 Å². The number of thioether (sulfide) groups is 1. The largest absolute Gasteiger partial charge is 0.388 e. The lowest BCUT2D eigenvalue weighted by Crippen LogP contribution is -2.47. The predicted octanol–water partition coefficient (Wildman–Crippen LogP) is 1.72. The van der Waals surface area contributed by atoms with Gasteiger partial charge in [-0.15, -0.1) is 0 Å². The van der Waals surface area contributed by atoms with Crippen LogP contribution in [-0.2, 0) is 4.79 Å². The number of carbonyl (C=O) groups excluding carboxylic acids is 1. The Labute approximate surface area is 119 Å². The van der Waals surface area contributed by atoms with E-state index in [4.69, 9.17) is 0 Å². The van der Waals surface area contributed by atoms with Gasteiger partial charge in [-0.1, -0.05) is 18.2 Å². The maximum atomic E-state index is 11.9. The summed E-state index contributed by atoms with van der Waals surface area (Å²) in [5, 5.41) is 15.9. The molecule has 1 rings (SSSR count). The van der Waals surface area contributed by atoms with Gasteiger partial charge in [-0.05, 0) is 32.2 Å². The molecule has 2 unspecified atom stereocenters. The number of hydrogen-bond donors (Lipinski definition) is 3. The van der Waals surface area contributed by atoms with Crippen LogP contribution in [-0.4, -0.2) is 41.2 Å². The molecular formula is C14H22N2O2S. The number of aliphatic hydroxyl groups is 1. The molecule has 0 radical (unpaired) electrons. The second-order valence-electron chi connectivity index (χ2n) is 4.89. The number of rotatable bonds is 7. The normalized spacial score (nSPS) is 15.6. The van der Waals surface area contributed by atoms with Gasteiger partial charge in [0.25, 0.3) is 0 Å². The fourth-order valence-electron chi connectivity index (χ4n) is 1.60. The molecule has 1 aromatic rings. The van der Waals surface area contributed by atoms with Gasteiger partial charge in [0.15, 0.2) is 0 Å². The molecule has 1 amide bonds. The van der Waals surface area contributed by atoms with Crippen molar-refractivity contribution in [2.45, 2.75) is 25.5 Å². The van der Waals surface area contributed by atoms with Crippen LogP contribution in [0.5, 0.6) is 0 Å². The molecule has 3 N–H and O–H groups in total. The minimum Gasteiger partial charge on any atom is -0.388 e. The molecule has 0 aliphatic heterocycles. The van der Waals surface area contributed by atoms with Crippen molar-refractivity contribution in [1.82, 2.24) is 5.32 Å². The maximum Gasteiger partial charge on any atom is 0.241 e. The van der Waals surface area contributed by atoms with E-state index in [1.807, 2.05) is 36.6 Å². The van der Waals surface area contributed by atoms with Gasteiger partial charge in [0.1, 0.15) is 0 Å². The van der Waals surface area contributed by atoms with Crippen LogP contribution >= 0.6 is 11.8 Å². The topological polar surface area (TPSA) is 61.4 Å². The van der Waals surface area contributed by atoms with Crippen LogP contribution < -0.4 is 10.6 Å². The third-order valence-electron chi connectivity index (χ3n) is 2.68. The first kappa shape index (κ1) is 16.0. The second kappa shape index (κ2) is 7.53. The van der Waals surface area contributed by atoms with E-state index in [0.717, 1.165) is 5.69 Å². The summed E-state index contributed by atoms with van der Waals surface area (Å²) in [7, 11) is 0. The second-order valence-corrected chi connectivity index (χ2v) is 5.75. The standard InChI is InChI=1S/C14H22N2O2S/c1-11(15-9-14(2,18)10-19-3)13(17)16-12-7-5-4-6-8-12/h4-8,11,15,18H,9-10H2,1-3H3,(H,16,17). The molecule has 2 atom stereocenters. The highest BCUT2D eigenvalue weighted by Gasteiger charge is 2.22. The summed E-state index contributed by atoms with van der Waals surface area (Å²) < 4.78 is 0. The van der Waals surface area contributed by atoms with Crippen molar-refractivity contribution in [1.29, 1.82) is 0 Å². The summed E-state index contributed by atoms with van der Waals surface area (Å²) in [5.74, 6) is 0.527. The van der Waals surface area contributed by atoms with Gasteiger partial charge in [0.2, 0.25) is 5.91 Å². The predicted molar refractivity (Wildman–Crippen MR) is 81.5 cm³/mol. The van der Waals surface area contributed by atoms with Gasteiger partial charge >= 0.3 is 0 Å². The van der Waals surface area contributed by atoms with E-state index in [9.17, 15) is 9.90 Å². The molecule has 0 spiro atoms. The fraction of sp³-hybridized carbons (Fsp3) is 0.500. The van der Waals surface area contributed by atoms with E-state index >= 15 is 0 Å². The summed E-state index contributed by atoms with van der Waals surface area (Å²) in [6.45, 7) is 3.93. The molecule has 0 aliphatic rings. The Kier molecular flexibility index (Phi) is 6.34. The monoisotopic (exact) mass is 282 g/mol. The van der Waals surface area contributed by atoms with Crippen LogP contribution in [0.1, 0.15) is 13.8 Å². The lowest BCUT2D eigenvalue weighted by atomic mass is 10.1. The molecule has 19 heavy (non-hydrogen) atoms. The van der Waals surface area contributed by atoms with Gasteiger partial charge in [0, 0.05) is 18.0 Å². The molecular weight excluding hydrogens is 260 g/mol. The number of hydrogen-bond acceptors (Lipinski definition) is 4. The fourth-order valence-corrected chi connectivity index (χ4v) is 2.32. The van der Waals surface area contributed by atoms with Gasteiger partial charge in [-0.2, -0.15) is 11.8 Å². The van der Waals surface area contributed by atoms with Crippen LogP contribution in [0.3, 0.4) is 0 Å². The summed E-state index contributed by atoms with van der Waals surface area (Å²) in [6.07, 6.45) is 1.94. The smallest absolute Gasteiger partial charge is 0.241 e. The van der Waals surface area contributed by atoms with Crippen molar-refractivity contribution in [3.05, 3.63) is 30.3 Å². The van der Waals surface area contributed by atoms with E-state index in [1.54, 1.807) is 25.6 Å². The van der Waals surface area contributed by atoms with E-state index < -0.39 is 5.60 Å². The number of nitrogens with one attached hydrogen (secondary N) is 2. The summed E-state index contributed by atoms with van der Waals surface area (Å²) in [5.41, 5.74) is -0.0298. The number of para-hydroxylation sites is 1. The van der Waals surface area contributed by atoms with Crippen molar-refractivity contribution >= 4 is 23.4 Å². The van der Waals surface area contributed by atoms with Crippen LogP contribution in [0.15, 0.2) is 30.3 Å². The van der Waals surface area contributed by atoms with Crippen LogP contribution in [0, 0.1) is 0 Å². The molecule has 0 aliphatic carbocycles. The first-order valence-corrected chi connectivity index (χ1v) is 7.64. The lowest BCUT2D eigenvalue weighted by molar-refractivity contribution is -0.117. The van der Waals surface area contributed by atoms with E-state index in [0.29, 0.717) is 12.3 Å². The molecule has 0 bridgehead atoms. The molecule has 0 heterocycles. The Bertz CT molecular complexity index is 396. The number of benzene rings is 1. The van der Waals surface area contributed by atoms with E-state index in [1.165, 1.54) is 0 Å². The zero-order valence-corrected chi connectivity index (χ0v) is 12.5. The maximum absolute atomic E-state index is 11.9. The van der Waals surface area contributed by atoms with Crippen molar-refractivity contribution in [2.75, 3.05) is 23.9 Å². The molecule has 5 heteroatoms. The number of carbonyl (C=O) groups is 1. The van der Waals surface area contributed by atoms with Gasteiger partial charge < -0.3 is 15.7 Å². The first-order chi connectivity index (χ1) is 8.94. The minimum atomic E-state index is -0.805. The zero-order valence-electron chi connectivity index (χ0n) is 11.6. The van der Waals surface area contributed by atoms with Crippen LogP contribution in [0.2, 0.25) is 0 Å². The highest BCUT2D eigenvalue weighted by atomic mass is 32.2. The van der Waals surface area contributed by atoms with Gasteiger partial charge in [-0.3, -0.25) is 4.79 Å². The molecule has 0 saturated carbocycles. The Balaban J connectivity index is 2.41. The SMILES string of the molecule is CSCC(C)(O)CNC(C)C(=O)Nc1ccccc1. The average Bonchev–Trinajstić information content (AvgIpc) is 2.37. The molecule has 0 saturated heterocycles. The van der Waals surface area contributed by atoms with Crippen molar-refractivity contribution in [2.24, 2.45) is 0 Å². The summed E-state index contributed by atoms with van der Waals surface area (Å²) in [6, 6.07) is 8.97. The van der Waals surface area contributed by atoms with Crippen molar-refractivity contribution in [3.63, 3.8) is 0 Å². The number of anilines is 1. The zero-order chi connectivity index (χ0) is 14.3. The Morgan fingerprint density at radius 3 is 2.63 bits per heavy atom. The quantitative estimate of drug-likeness (QED) is 0.712. The third-order valence-corrected chi connectivity index (χ3v) is 3.59. The molecule has 4 nitrogen and oxygen atoms in total. The number of amides is 1. The minimum absolute atomic E-state index is 0.105. The van der Waals surface area contributed by atoms with E-state index in [2.05, 4.69) is 10.6 Å². The highest BCUT2D eigenvalue weighted by molar-refractivity contribution is 7.98. The molecule has 0 aromatic heterocycles. The Morgan fingerprint density at radius 1 is 1.42 bits per heavy atom. The van der Waals surface area contributed by atoms with Gasteiger partial charge in [-0.25, -0.2) is 0 Å². The van der Waals surface area contributed by atoms with Crippen molar-refractivity contribution in [3.8, 4) is 0 Å². The van der Waals surface area contributed by atoms with Gasteiger partial charge in [0.05, 0.1) is 11.6 Å². The third kappa shape index (κ3) is 6.09. The van der Waals surface area contributed by atoms with Crippen molar-refractivity contribution < 1.29 is 9.90 Å². The lowest BCUT2D eigenvalue weighted by Gasteiger charge is -2.24. The first-order valence-electron chi connectivity index (χ1n) is 6.25. The van der Waals surface area contributed by atoms with Crippen LogP contribution in [0.25, 0.3) is 0 Å². The Hall–Kier alpha value is -1.04. The summed E-state index contributed by atoms with van der Waals surface area (Å²) >= 11 is 1.58. The molecule has 1 aromatic carbocycles. The Morgan fingerprint density at radius 2 is 2.05 bits per heavy atom. The van der Waals surface area contributed by atoms with E-state index in [-0.39, 0.29) is 11.9 Å². The highest BCUT2D eigenvalue weighted by Crippen LogP contribution is 2.10. The molecule has 0 fully saturated rings. The average molecular weight is 282 g/mol.